The average Bonchev–Trinajstić information content (AvgIpc) is 2.06. The van der Waals surface area contributed by atoms with Crippen molar-refractivity contribution in [2.45, 2.75) is 25.3 Å². The van der Waals surface area contributed by atoms with Crippen molar-refractivity contribution < 1.29 is 8.78 Å². The van der Waals surface area contributed by atoms with E-state index in [1.807, 2.05) is 0 Å². The first kappa shape index (κ1) is 9.59. The lowest BCUT2D eigenvalue weighted by Crippen LogP contribution is -2.27. The molecule has 0 aromatic heterocycles. The molecule has 1 atom stereocenters. The van der Waals surface area contributed by atoms with Gasteiger partial charge in [0.15, 0.2) is 0 Å². The highest BCUT2D eigenvalue weighted by Crippen LogP contribution is 2.36. The minimum Gasteiger partial charge on any atom is -0.324 e. The molecule has 1 saturated carbocycles. The summed E-state index contributed by atoms with van der Waals surface area (Å²) in [6.45, 7) is 0. The van der Waals surface area contributed by atoms with E-state index in [1.165, 1.54) is 6.07 Å². The number of benzene rings is 1. The van der Waals surface area contributed by atoms with Crippen molar-refractivity contribution in [1.82, 2.24) is 0 Å². The average molecular weight is 197 g/mol. The van der Waals surface area contributed by atoms with Gasteiger partial charge in [0.05, 0.1) is 0 Å². The molecule has 3 heteroatoms. The zero-order valence-corrected chi connectivity index (χ0v) is 7.84. The minimum absolute atomic E-state index is 0.315. The van der Waals surface area contributed by atoms with Gasteiger partial charge >= 0.3 is 0 Å². The molecule has 0 amide bonds. The Balaban J connectivity index is 2.24. The zero-order chi connectivity index (χ0) is 10.1. The van der Waals surface area contributed by atoms with Crippen LogP contribution in [0.15, 0.2) is 18.2 Å². The fourth-order valence-corrected chi connectivity index (χ4v) is 1.82. The summed E-state index contributed by atoms with van der Waals surface area (Å²) in [6.07, 6.45) is 3.20. The first-order valence-electron chi connectivity index (χ1n) is 4.89. The molecule has 0 saturated heterocycles. The Labute approximate surface area is 81.9 Å². The Hall–Kier alpha value is -0.960. The van der Waals surface area contributed by atoms with E-state index in [2.05, 4.69) is 0 Å². The van der Waals surface area contributed by atoms with Crippen LogP contribution in [0.1, 0.15) is 30.9 Å². The van der Waals surface area contributed by atoms with Crippen molar-refractivity contribution in [3.8, 4) is 0 Å². The molecule has 2 N–H and O–H groups in total. The van der Waals surface area contributed by atoms with Gasteiger partial charge in [-0.05, 0) is 37.0 Å². The van der Waals surface area contributed by atoms with E-state index in [0.29, 0.717) is 11.5 Å². The Morgan fingerprint density at radius 1 is 1.29 bits per heavy atom. The Morgan fingerprint density at radius 3 is 2.57 bits per heavy atom. The van der Waals surface area contributed by atoms with E-state index in [4.69, 9.17) is 5.73 Å². The number of rotatable bonds is 2. The summed E-state index contributed by atoms with van der Waals surface area (Å²) in [4.78, 5) is 0. The van der Waals surface area contributed by atoms with Gasteiger partial charge in [-0.2, -0.15) is 0 Å². The van der Waals surface area contributed by atoms with Crippen LogP contribution in [-0.2, 0) is 0 Å². The maximum atomic E-state index is 13.3. The number of halogens is 2. The first-order valence-corrected chi connectivity index (χ1v) is 4.89. The van der Waals surface area contributed by atoms with Crippen molar-refractivity contribution >= 4 is 0 Å². The highest BCUT2D eigenvalue weighted by Gasteiger charge is 2.27. The summed E-state index contributed by atoms with van der Waals surface area (Å²) in [5, 5.41) is 0. The molecule has 14 heavy (non-hydrogen) atoms. The van der Waals surface area contributed by atoms with Crippen molar-refractivity contribution in [1.29, 1.82) is 0 Å². The second kappa shape index (κ2) is 3.65. The summed E-state index contributed by atoms with van der Waals surface area (Å²) < 4.78 is 26.2. The van der Waals surface area contributed by atoms with Crippen LogP contribution in [0.4, 0.5) is 8.78 Å². The minimum atomic E-state index is -0.420. The van der Waals surface area contributed by atoms with Gasteiger partial charge in [-0.25, -0.2) is 8.78 Å². The van der Waals surface area contributed by atoms with E-state index in [1.54, 1.807) is 0 Å². The van der Waals surface area contributed by atoms with Gasteiger partial charge in [0.25, 0.3) is 0 Å². The third kappa shape index (κ3) is 1.64. The van der Waals surface area contributed by atoms with Crippen LogP contribution in [0.25, 0.3) is 0 Å². The molecule has 0 unspecified atom stereocenters. The number of hydrogen-bond donors (Lipinski definition) is 1. The predicted octanol–water partition coefficient (Wildman–Crippen LogP) is 2.76. The fraction of sp³-hybridized carbons (Fsp3) is 0.455. The molecule has 0 bridgehead atoms. The molecule has 0 spiro atoms. The predicted molar refractivity (Wildman–Crippen MR) is 50.6 cm³/mol. The third-order valence-corrected chi connectivity index (χ3v) is 2.97. The summed E-state index contributed by atoms with van der Waals surface area (Å²) in [5.74, 6) is -0.492. The Morgan fingerprint density at radius 2 is 2.00 bits per heavy atom. The maximum Gasteiger partial charge on any atom is 0.128 e. The molecule has 0 aliphatic heterocycles. The largest absolute Gasteiger partial charge is 0.324 e. The lowest BCUT2D eigenvalue weighted by molar-refractivity contribution is 0.260. The lowest BCUT2D eigenvalue weighted by atomic mass is 9.77. The zero-order valence-electron chi connectivity index (χ0n) is 7.84. The summed E-state index contributed by atoms with van der Waals surface area (Å²) in [7, 11) is 0. The lowest BCUT2D eigenvalue weighted by Gasteiger charge is -2.31. The van der Waals surface area contributed by atoms with Crippen molar-refractivity contribution in [3.05, 3.63) is 35.4 Å². The smallest absolute Gasteiger partial charge is 0.128 e. The molecule has 1 fully saturated rings. The Kier molecular flexibility index (Phi) is 2.50. The second-order valence-electron chi connectivity index (χ2n) is 3.88. The second-order valence-corrected chi connectivity index (χ2v) is 3.88. The number of hydrogen-bond acceptors (Lipinski definition) is 1. The van der Waals surface area contributed by atoms with Crippen LogP contribution >= 0.6 is 0 Å². The molecule has 1 aromatic rings. The van der Waals surface area contributed by atoms with E-state index < -0.39 is 11.6 Å². The fourth-order valence-electron chi connectivity index (χ4n) is 1.82. The van der Waals surface area contributed by atoms with E-state index >= 15 is 0 Å². The van der Waals surface area contributed by atoms with Gasteiger partial charge in [-0.15, -0.1) is 0 Å². The summed E-state index contributed by atoms with van der Waals surface area (Å²) >= 11 is 0. The monoisotopic (exact) mass is 197 g/mol. The topological polar surface area (TPSA) is 26.0 Å². The van der Waals surface area contributed by atoms with Gasteiger partial charge in [-0.3, -0.25) is 0 Å². The molecule has 0 radical (unpaired) electrons. The van der Waals surface area contributed by atoms with Crippen molar-refractivity contribution in [3.63, 3.8) is 0 Å². The highest BCUT2D eigenvalue weighted by molar-refractivity contribution is 5.23. The molecule has 1 nitrogen and oxygen atoms in total. The maximum absolute atomic E-state index is 13.3. The van der Waals surface area contributed by atoms with E-state index in [9.17, 15) is 8.78 Å². The first-order chi connectivity index (χ1) is 6.68. The van der Waals surface area contributed by atoms with Gasteiger partial charge in [0, 0.05) is 11.6 Å². The van der Waals surface area contributed by atoms with E-state index in [-0.39, 0.29) is 6.04 Å². The standard InChI is InChI=1S/C11H13F2N/c12-8-4-5-10(13)9(6-8)11(14)7-2-1-3-7/h4-7,11H,1-3,14H2/t11-/m1/s1. The van der Waals surface area contributed by atoms with Crippen LogP contribution in [0, 0.1) is 17.6 Å². The Bertz CT molecular complexity index is 334. The molecular formula is C11H13F2N. The SMILES string of the molecule is N[C@@H](c1cc(F)ccc1F)C1CCC1. The molecule has 2 rings (SSSR count). The van der Waals surface area contributed by atoms with Crippen molar-refractivity contribution in [2.75, 3.05) is 0 Å². The molecule has 0 heterocycles. The van der Waals surface area contributed by atoms with Crippen LogP contribution < -0.4 is 5.73 Å². The quantitative estimate of drug-likeness (QED) is 0.775. The third-order valence-electron chi connectivity index (χ3n) is 2.97. The molecule has 1 aliphatic carbocycles. The molecule has 1 aromatic carbocycles. The van der Waals surface area contributed by atoms with E-state index in [0.717, 1.165) is 31.4 Å². The van der Waals surface area contributed by atoms with Gasteiger partial charge in [0.1, 0.15) is 11.6 Å². The van der Waals surface area contributed by atoms with Crippen LogP contribution in [0.5, 0.6) is 0 Å². The molecular weight excluding hydrogens is 184 g/mol. The van der Waals surface area contributed by atoms with Gasteiger partial charge in [0.2, 0.25) is 0 Å². The summed E-state index contributed by atoms with van der Waals surface area (Å²) in [5.41, 5.74) is 6.18. The van der Waals surface area contributed by atoms with Crippen molar-refractivity contribution in [2.24, 2.45) is 11.7 Å². The van der Waals surface area contributed by atoms with Crippen LogP contribution in [-0.4, -0.2) is 0 Å². The molecule has 1 aliphatic rings. The highest BCUT2D eigenvalue weighted by atomic mass is 19.1. The number of nitrogens with two attached hydrogens (primary N) is 1. The molecule has 76 valence electrons. The summed E-state index contributed by atoms with van der Waals surface area (Å²) in [6, 6.07) is 3.12. The normalized spacial score (nSPS) is 19.1. The van der Waals surface area contributed by atoms with Crippen LogP contribution in [0.3, 0.4) is 0 Å². The van der Waals surface area contributed by atoms with Crippen LogP contribution in [0.2, 0.25) is 0 Å². The van der Waals surface area contributed by atoms with Gasteiger partial charge < -0.3 is 5.73 Å². The van der Waals surface area contributed by atoms with Gasteiger partial charge in [-0.1, -0.05) is 6.42 Å².